The molecule has 30 heavy (non-hydrogen) atoms. The van der Waals surface area contributed by atoms with Gasteiger partial charge in [-0.15, -0.1) is 24.0 Å². The summed E-state index contributed by atoms with van der Waals surface area (Å²) in [6.07, 6.45) is 5.11. The van der Waals surface area contributed by atoms with Gasteiger partial charge in [-0.3, -0.25) is 9.89 Å². The van der Waals surface area contributed by atoms with Crippen LogP contribution in [-0.4, -0.2) is 80.4 Å². The molecular weight excluding hydrogens is 495 g/mol. The highest BCUT2D eigenvalue weighted by Gasteiger charge is 2.32. The Morgan fingerprint density at radius 1 is 1.13 bits per heavy atom. The molecule has 0 amide bonds. The molecule has 7 nitrogen and oxygen atoms in total. The monoisotopic (exact) mass is 532 g/mol. The van der Waals surface area contributed by atoms with E-state index in [1.165, 1.54) is 12.8 Å². The summed E-state index contributed by atoms with van der Waals surface area (Å²) < 4.78 is 17.9. The number of likely N-dealkylation sites (tertiary alicyclic amines) is 1. The molecule has 1 aromatic heterocycles. The van der Waals surface area contributed by atoms with Crippen molar-refractivity contribution >= 4 is 29.9 Å². The predicted octanol–water partition coefficient (Wildman–Crippen LogP) is 3.19. The third kappa shape index (κ3) is 5.89. The van der Waals surface area contributed by atoms with E-state index in [1.54, 1.807) is 0 Å². The molecule has 0 spiro atoms. The van der Waals surface area contributed by atoms with E-state index in [4.69, 9.17) is 18.9 Å². The molecule has 1 N–H and O–H groups in total. The van der Waals surface area contributed by atoms with Gasteiger partial charge >= 0.3 is 0 Å². The van der Waals surface area contributed by atoms with Crippen molar-refractivity contribution in [2.24, 2.45) is 4.99 Å². The molecule has 0 aliphatic carbocycles. The molecule has 0 aromatic carbocycles. The second-order valence-corrected chi connectivity index (χ2v) is 8.31. The van der Waals surface area contributed by atoms with Crippen molar-refractivity contribution in [3.05, 3.63) is 23.7 Å². The zero-order valence-corrected chi connectivity index (χ0v) is 20.7. The third-order valence-electron chi connectivity index (χ3n) is 6.19. The average Bonchev–Trinajstić information content (AvgIpc) is 3.51. The number of morpholine rings is 1. The van der Waals surface area contributed by atoms with Crippen molar-refractivity contribution < 1.29 is 13.9 Å². The molecule has 3 aliphatic rings. The maximum absolute atomic E-state index is 6.03. The largest absolute Gasteiger partial charge is 0.465 e. The lowest BCUT2D eigenvalue weighted by molar-refractivity contribution is -0.0817. The number of ether oxygens (including phenoxy) is 2. The Bertz CT molecular complexity index is 671. The lowest BCUT2D eigenvalue weighted by Crippen LogP contribution is -2.53. The van der Waals surface area contributed by atoms with Gasteiger partial charge in [-0.2, -0.15) is 0 Å². The van der Waals surface area contributed by atoms with E-state index in [2.05, 4.69) is 34.2 Å². The van der Waals surface area contributed by atoms with Crippen molar-refractivity contribution in [1.82, 2.24) is 15.1 Å². The highest BCUT2D eigenvalue weighted by atomic mass is 127. The summed E-state index contributed by atoms with van der Waals surface area (Å²) in [7, 11) is 0. The average molecular weight is 532 g/mol. The number of hydrogen-bond donors (Lipinski definition) is 1. The first-order chi connectivity index (χ1) is 14.2. The summed E-state index contributed by atoms with van der Waals surface area (Å²) in [5, 5.41) is 3.50. The van der Waals surface area contributed by atoms with Crippen LogP contribution in [0.15, 0.2) is 21.5 Å². The lowest BCUT2D eigenvalue weighted by Gasteiger charge is -2.37. The minimum absolute atomic E-state index is 0. The van der Waals surface area contributed by atoms with Crippen molar-refractivity contribution in [2.45, 2.75) is 57.8 Å². The Hall–Kier alpha value is -0.840. The number of hydrogen-bond acceptors (Lipinski definition) is 5. The van der Waals surface area contributed by atoms with Crippen LogP contribution in [0.4, 0.5) is 0 Å². The minimum Gasteiger partial charge on any atom is -0.465 e. The van der Waals surface area contributed by atoms with Gasteiger partial charge in [0.05, 0.1) is 25.3 Å². The number of aryl methyl sites for hydroxylation is 1. The van der Waals surface area contributed by atoms with Gasteiger partial charge in [0.1, 0.15) is 17.6 Å². The SMILES string of the molecule is CCNC(=NCC(c1ccc(C)o1)N1CCCC1)N1CCOC(C2CCCO2)C1.I. The van der Waals surface area contributed by atoms with Crippen molar-refractivity contribution in [2.75, 3.05) is 52.5 Å². The van der Waals surface area contributed by atoms with Gasteiger partial charge in [0, 0.05) is 26.2 Å². The van der Waals surface area contributed by atoms with Crippen LogP contribution in [0, 0.1) is 6.92 Å². The lowest BCUT2D eigenvalue weighted by atomic mass is 10.1. The Kier molecular flexibility index (Phi) is 9.28. The Labute approximate surface area is 197 Å². The van der Waals surface area contributed by atoms with Crippen molar-refractivity contribution in [3.63, 3.8) is 0 Å². The summed E-state index contributed by atoms with van der Waals surface area (Å²) in [5.74, 6) is 2.97. The molecule has 4 rings (SSSR count). The van der Waals surface area contributed by atoms with Gasteiger partial charge in [-0.1, -0.05) is 0 Å². The van der Waals surface area contributed by atoms with E-state index in [0.29, 0.717) is 6.54 Å². The second kappa shape index (κ2) is 11.7. The highest BCUT2D eigenvalue weighted by molar-refractivity contribution is 14.0. The first-order valence-corrected chi connectivity index (χ1v) is 11.3. The highest BCUT2D eigenvalue weighted by Crippen LogP contribution is 2.27. The van der Waals surface area contributed by atoms with E-state index in [9.17, 15) is 0 Å². The molecule has 170 valence electrons. The normalized spacial score (nSPS) is 26.6. The van der Waals surface area contributed by atoms with Gasteiger partial charge in [-0.05, 0) is 64.8 Å². The number of nitrogens with one attached hydrogen (secondary N) is 1. The van der Waals surface area contributed by atoms with E-state index < -0.39 is 0 Å². The Morgan fingerprint density at radius 3 is 2.60 bits per heavy atom. The van der Waals surface area contributed by atoms with E-state index in [-0.39, 0.29) is 42.2 Å². The van der Waals surface area contributed by atoms with E-state index in [0.717, 1.165) is 76.3 Å². The number of rotatable bonds is 6. The Balaban J connectivity index is 0.00000256. The van der Waals surface area contributed by atoms with E-state index in [1.807, 2.05) is 6.92 Å². The molecule has 4 heterocycles. The molecule has 0 radical (unpaired) electrons. The molecule has 3 atom stereocenters. The quantitative estimate of drug-likeness (QED) is 0.345. The second-order valence-electron chi connectivity index (χ2n) is 8.31. The molecule has 3 saturated heterocycles. The molecule has 3 fully saturated rings. The molecule has 8 heteroatoms. The van der Waals surface area contributed by atoms with Gasteiger partial charge in [0.2, 0.25) is 0 Å². The third-order valence-corrected chi connectivity index (χ3v) is 6.19. The van der Waals surface area contributed by atoms with Crippen LogP contribution in [0.1, 0.15) is 50.2 Å². The van der Waals surface area contributed by atoms with Crippen molar-refractivity contribution in [3.8, 4) is 0 Å². The first-order valence-electron chi connectivity index (χ1n) is 11.3. The standard InChI is InChI=1S/C22H36N4O3.HI/c1-3-23-22(26-12-14-28-21(16-26)20-7-6-13-27-20)24-15-18(25-10-4-5-11-25)19-9-8-17(2)29-19;/h8-9,18,20-21H,3-7,10-16H2,1-2H3,(H,23,24);1H. The Morgan fingerprint density at radius 2 is 1.93 bits per heavy atom. The zero-order valence-electron chi connectivity index (χ0n) is 18.3. The number of nitrogens with zero attached hydrogens (tertiary/aromatic N) is 3. The molecule has 3 unspecified atom stereocenters. The predicted molar refractivity (Wildman–Crippen MR) is 129 cm³/mol. The number of furan rings is 1. The maximum atomic E-state index is 6.03. The van der Waals surface area contributed by atoms with Gasteiger partial charge < -0.3 is 24.1 Å². The fourth-order valence-electron chi connectivity index (χ4n) is 4.66. The summed E-state index contributed by atoms with van der Waals surface area (Å²) in [6.45, 7) is 11.2. The van der Waals surface area contributed by atoms with Crippen LogP contribution < -0.4 is 5.32 Å². The fourth-order valence-corrected chi connectivity index (χ4v) is 4.66. The van der Waals surface area contributed by atoms with Gasteiger partial charge in [0.15, 0.2) is 5.96 Å². The van der Waals surface area contributed by atoms with Crippen LogP contribution in [0.3, 0.4) is 0 Å². The molecule has 0 bridgehead atoms. The maximum Gasteiger partial charge on any atom is 0.194 e. The minimum atomic E-state index is 0. The summed E-state index contributed by atoms with van der Waals surface area (Å²) in [6, 6.07) is 4.37. The smallest absolute Gasteiger partial charge is 0.194 e. The van der Waals surface area contributed by atoms with Crippen LogP contribution in [0.5, 0.6) is 0 Å². The number of aliphatic imine (C=N–C) groups is 1. The number of halogens is 1. The van der Waals surface area contributed by atoms with Crippen LogP contribution in [-0.2, 0) is 9.47 Å². The first kappa shape index (κ1) is 23.8. The summed E-state index contributed by atoms with van der Waals surface area (Å²) >= 11 is 0. The fraction of sp³-hybridized carbons (Fsp3) is 0.773. The summed E-state index contributed by atoms with van der Waals surface area (Å²) in [5.41, 5.74) is 0. The van der Waals surface area contributed by atoms with Crippen molar-refractivity contribution in [1.29, 1.82) is 0 Å². The molecule has 1 aromatic rings. The van der Waals surface area contributed by atoms with Gasteiger partial charge in [0.25, 0.3) is 0 Å². The number of guanidine groups is 1. The zero-order chi connectivity index (χ0) is 20.1. The molecular formula is C22H37IN4O3. The van der Waals surface area contributed by atoms with Gasteiger partial charge in [-0.25, -0.2) is 0 Å². The van der Waals surface area contributed by atoms with E-state index >= 15 is 0 Å². The topological polar surface area (TPSA) is 62.5 Å². The van der Waals surface area contributed by atoms with Crippen LogP contribution >= 0.6 is 24.0 Å². The summed E-state index contributed by atoms with van der Waals surface area (Å²) in [4.78, 5) is 9.92. The van der Waals surface area contributed by atoms with Crippen LogP contribution in [0.2, 0.25) is 0 Å². The van der Waals surface area contributed by atoms with Crippen LogP contribution in [0.25, 0.3) is 0 Å². The molecule has 3 aliphatic heterocycles. The molecule has 0 saturated carbocycles.